The van der Waals surface area contributed by atoms with Gasteiger partial charge < -0.3 is 10.8 Å². The zero-order chi connectivity index (χ0) is 10.6. The zero-order valence-electron chi connectivity index (χ0n) is 9.63. The van der Waals surface area contributed by atoms with Gasteiger partial charge in [-0.15, -0.1) is 0 Å². The molecule has 14 heavy (non-hydrogen) atoms. The van der Waals surface area contributed by atoms with Crippen LogP contribution in [-0.2, 0) is 0 Å². The Balaban J connectivity index is 2.46. The molecule has 1 rings (SSSR count). The lowest BCUT2D eigenvalue weighted by Gasteiger charge is -2.40. The van der Waals surface area contributed by atoms with Crippen LogP contribution >= 0.6 is 0 Å². The first-order chi connectivity index (χ1) is 6.63. The summed E-state index contributed by atoms with van der Waals surface area (Å²) in [6, 6.07) is 0. The Kier molecular flexibility index (Phi) is 4.39. The number of hydrogen-bond acceptors (Lipinski definition) is 2. The van der Waals surface area contributed by atoms with E-state index in [9.17, 15) is 0 Å². The molecule has 1 aliphatic rings. The van der Waals surface area contributed by atoms with Gasteiger partial charge >= 0.3 is 0 Å². The maximum Gasteiger partial charge on any atom is 0.0436 e. The number of nitrogens with two attached hydrogens (primary N) is 1. The molecule has 0 saturated heterocycles. The molecule has 2 heteroatoms. The quantitative estimate of drug-likeness (QED) is 0.729. The lowest BCUT2D eigenvalue weighted by atomic mass is 9.66. The third-order valence-corrected chi connectivity index (χ3v) is 4.11. The van der Waals surface area contributed by atoms with Crippen LogP contribution in [0.2, 0.25) is 0 Å². The number of rotatable bonds is 4. The average Bonchev–Trinajstić information content (AvgIpc) is 2.19. The SMILES string of the molecule is CC(C)C1CCC(CN)(CCO)CC1. The molecule has 0 amide bonds. The molecule has 1 saturated carbocycles. The third kappa shape index (κ3) is 2.71. The van der Waals surface area contributed by atoms with Crippen LogP contribution in [0.1, 0.15) is 46.0 Å². The number of aliphatic hydroxyl groups is 1. The number of aliphatic hydroxyl groups excluding tert-OH is 1. The lowest BCUT2D eigenvalue weighted by molar-refractivity contribution is 0.0980. The Morgan fingerprint density at radius 2 is 1.93 bits per heavy atom. The lowest BCUT2D eigenvalue weighted by Crippen LogP contribution is -2.36. The maximum atomic E-state index is 9.03. The van der Waals surface area contributed by atoms with Gasteiger partial charge in [-0.25, -0.2) is 0 Å². The molecule has 0 unspecified atom stereocenters. The van der Waals surface area contributed by atoms with E-state index in [2.05, 4.69) is 13.8 Å². The average molecular weight is 199 g/mol. The van der Waals surface area contributed by atoms with E-state index in [0.717, 1.165) is 24.8 Å². The van der Waals surface area contributed by atoms with Crippen LogP contribution in [0.4, 0.5) is 0 Å². The van der Waals surface area contributed by atoms with E-state index in [1.54, 1.807) is 0 Å². The van der Waals surface area contributed by atoms with E-state index in [1.165, 1.54) is 25.7 Å². The minimum atomic E-state index is 0.264. The van der Waals surface area contributed by atoms with Gasteiger partial charge in [-0.05, 0) is 55.9 Å². The Hall–Kier alpha value is -0.0800. The van der Waals surface area contributed by atoms with Crippen molar-refractivity contribution in [2.75, 3.05) is 13.2 Å². The summed E-state index contributed by atoms with van der Waals surface area (Å²) in [5, 5.41) is 9.03. The molecule has 0 spiro atoms. The summed E-state index contributed by atoms with van der Waals surface area (Å²) in [6.45, 7) is 5.67. The second kappa shape index (κ2) is 5.13. The van der Waals surface area contributed by atoms with Gasteiger partial charge in [0.05, 0.1) is 0 Å². The highest BCUT2D eigenvalue weighted by atomic mass is 16.3. The van der Waals surface area contributed by atoms with Gasteiger partial charge in [-0.3, -0.25) is 0 Å². The molecule has 0 atom stereocenters. The van der Waals surface area contributed by atoms with Crippen molar-refractivity contribution in [3.63, 3.8) is 0 Å². The molecule has 0 aromatic carbocycles. The van der Waals surface area contributed by atoms with Gasteiger partial charge in [-0.2, -0.15) is 0 Å². The largest absolute Gasteiger partial charge is 0.396 e. The predicted octanol–water partition coefficient (Wildman–Crippen LogP) is 2.16. The van der Waals surface area contributed by atoms with Gasteiger partial charge in [0.1, 0.15) is 0 Å². The molecular formula is C12H25NO. The van der Waals surface area contributed by atoms with Gasteiger partial charge in [0, 0.05) is 6.61 Å². The van der Waals surface area contributed by atoms with E-state index < -0.39 is 0 Å². The normalized spacial score (nSPS) is 33.6. The highest BCUT2D eigenvalue weighted by Crippen LogP contribution is 2.42. The summed E-state index contributed by atoms with van der Waals surface area (Å²) in [5.74, 6) is 1.69. The van der Waals surface area contributed by atoms with Crippen molar-refractivity contribution in [3.8, 4) is 0 Å². The van der Waals surface area contributed by atoms with Gasteiger partial charge in [0.2, 0.25) is 0 Å². The van der Waals surface area contributed by atoms with E-state index in [1.807, 2.05) is 0 Å². The Morgan fingerprint density at radius 3 is 2.29 bits per heavy atom. The smallest absolute Gasteiger partial charge is 0.0436 e. The third-order valence-electron chi connectivity index (χ3n) is 4.11. The topological polar surface area (TPSA) is 46.2 Å². The minimum absolute atomic E-state index is 0.264. The summed E-state index contributed by atoms with van der Waals surface area (Å²) >= 11 is 0. The molecule has 84 valence electrons. The molecule has 2 nitrogen and oxygen atoms in total. The van der Waals surface area contributed by atoms with Gasteiger partial charge in [-0.1, -0.05) is 13.8 Å². The number of hydrogen-bond donors (Lipinski definition) is 2. The fourth-order valence-corrected chi connectivity index (χ4v) is 2.71. The fraction of sp³-hybridized carbons (Fsp3) is 1.00. The first kappa shape index (κ1) is 12.0. The Bertz CT molecular complexity index is 160. The van der Waals surface area contributed by atoms with Crippen LogP contribution in [0.3, 0.4) is 0 Å². The van der Waals surface area contributed by atoms with Gasteiger partial charge in [0.15, 0.2) is 0 Å². The van der Waals surface area contributed by atoms with Crippen LogP contribution in [0.15, 0.2) is 0 Å². The van der Waals surface area contributed by atoms with Crippen molar-refractivity contribution in [2.24, 2.45) is 23.0 Å². The van der Waals surface area contributed by atoms with Crippen molar-refractivity contribution in [3.05, 3.63) is 0 Å². The standard InChI is InChI=1S/C12H25NO/c1-10(2)11-3-5-12(9-13,6-4-11)7-8-14/h10-11,14H,3-9,13H2,1-2H3. The molecule has 0 aromatic rings. The Morgan fingerprint density at radius 1 is 1.36 bits per heavy atom. The summed E-state index contributed by atoms with van der Waals surface area (Å²) in [5.41, 5.74) is 6.10. The van der Waals surface area contributed by atoms with Crippen LogP contribution in [0, 0.1) is 17.3 Å². The summed E-state index contributed by atoms with van der Waals surface area (Å²) in [6.07, 6.45) is 5.93. The van der Waals surface area contributed by atoms with Crippen LogP contribution < -0.4 is 5.73 Å². The summed E-state index contributed by atoms with van der Waals surface area (Å²) in [4.78, 5) is 0. The molecule has 0 radical (unpaired) electrons. The molecule has 0 heterocycles. The summed E-state index contributed by atoms with van der Waals surface area (Å²) in [7, 11) is 0. The first-order valence-corrected chi connectivity index (χ1v) is 5.94. The molecule has 3 N–H and O–H groups in total. The first-order valence-electron chi connectivity index (χ1n) is 5.94. The Labute approximate surface area is 87.9 Å². The highest BCUT2D eigenvalue weighted by Gasteiger charge is 2.34. The van der Waals surface area contributed by atoms with Crippen LogP contribution in [0.5, 0.6) is 0 Å². The molecule has 0 bridgehead atoms. The molecule has 1 fully saturated rings. The van der Waals surface area contributed by atoms with Crippen molar-refractivity contribution >= 4 is 0 Å². The van der Waals surface area contributed by atoms with Crippen molar-refractivity contribution in [2.45, 2.75) is 46.0 Å². The fourth-order valence-electron chi connectivity index (χ4n) is 2.71. The predicted molar refractivity (Wildman–Crippen MR) is 60.0 cm³/mol. The van der Waals surface area contributed by atoms with E-state index in [4.69, 9.17) is 10.8 Å². The van der Waals surface area contributed by atoms with Crippen molar-refractivity contribution in [1.82, 2.24) is 0 Å². The van der Waals surface area contributed by atoms with Gasteiger partial charge in [0.25, 0.3) is 0 Å². The van der Waals surface area contributed by atoms with E-state index in [0.29, 0.717) is 6.61 Å². The van der Waals surface area contributed by atoms with E-state index in [-0.39, 0.29) is 5.41 Å². The second-order valence-corrected chi connectivity index (χ2v) is 5.26. The highest BCUT2D eigenvalue weighted by molar-refractivity contribution is 4.87. The van der Waals surface area contributed by atoms with Crippen LogP contribution in [-0.4, -0.2) is 18.3 Å². The second-order valence-electron chi connectivity index (χ2n) is 5.26. The molecular weight excluding hydrogens is 174 g/mol. The van der Waals surface area contributed by atoms with Crippen molar-refractivity contribution < 1.29 is 5.11 Å². The maximum absolute atomic E-state index is 9.03. The molecule has 0 aliphatic heterocycles. The molecule has 0 aromatic heterocycles. The molecule has 1 aliphatic carbocycles. The van der Waals surface area contributed by atoms with E-state index >= 15 is 0 Å². The monoisotopic (exact) mass is 199 g/mol. The van der Waals surface area contributed by atoms with Crippen molar-refractivity contribution in [1.29, 1.82) is 0 Å². The minimum Gasteiger partial charge on any atom is -0.396 e. The zero-order valence-corrected chi connectivity index (χ0v) is 9.63. The summed E-state index contributed by atoms with van der Waals surface area (Å²) < 4.78 is 0. The van der Waals surface area contributed by atoms with Crippen LogP contribution in [0.25, 0.3) is 0 Å².